The Labute approximate surface area is 142 Å². The number of likely N-dealkylation sites (N-methyl/N-ethyl adjacent to an activating group) is 1. The van der Waals surface area contributed by atoms with E-state index in [9.17, 15) is 14.7 Å². The van der Waals surface area contributed by atoms with Crippen LogP contribution in [0.25, 0.3) is 0 Å². The fourth-order valence-corrected chi connectivity index (χ4v) is 2.78. The van der Waals surface area contributed by atoms with Crippen LogP contribution in [-0.4, -0.2) is 60.8 Å². The number of rotatable bonds is 5. The highest BCUT2D eigenvalue weighted by Crippen LogP contribution is 2.19. The lowest BCUT2D eigenvalue weighted by atomic mass is 10.0. The molecule has 0 radical (unpaired) electrons. The van der Waals surface area contributed by atoms with Gasteiger partial charge in [0, 0.05) is 37.4 Å². The normalized spacial score (nSPS) is 20.7. The van der Waals surface area contributed by atoms with Gasteiger partial charge in [-0.3, -0.25) is 4.79 Å². The first-order valence-electron chi connectivity index (χ1n) is 8.17. The molecule has 4 N–H and O–H groups in total. The molecule has 2 rings (SSSR count). The van der Waals surface area contributed by atoms with Crippen molar-refractivity contribution in [2.75, 3.05) is 38.5 Å². The van der Waals surface area contributed by atoms with Gasteiger partial charge in [-0.2, -0.15) is 0 Å². The van der Waals surface area contributed by atoms with Crippen LogP contribution >= 0.6 is 0 Å². The van der Waals surface area contributed by atoms with E-state index in [1.807, 2.05) is 25.8 Å². The van der Waals surface area contributed by atoms with E-state index < -0.39 is 11.6 Å². The average Bonchev–Trinajstić information content (AvgIpc) is 2.87. The summed E-state index contributed by atoms with van der Waals surface area (Å²) >= 11 is 0. The second kappa shape index (κ2) is 7.63. The number of hydrogen-bond acceptors (Lipinski definition) is 4. The lowest BCUT2D eigenvalue weighted by molar-refractivity contribution is 0.0546. The predicted octanol–water partition coefficient (Wildman–Crippen LogP) is 0.933. The fraction of sp³-hybridized carbons (Fsp3) is 0.529. The topological polar surface area (TPSA) is 93.7 Å². The van der Waals surface area contributed by atoms with Crippen molar-refractivity contribution in [3.8, 4) is 0 Å². The summed E-state index contributed by atoms with van der Waals surface area (Å²) in [4.78, 5) is 26.0. The summed E-state index contributed by atoms with van der Waals surface area (Å²) in [5, 5.41) is 18.6. The number of β-amino-alcohol motifs (C(OH)–C–C–N with tert-alkyl or cyclic N) is 1. The first-order chi connectivity index (χ1) is 11.3. The Morgan fingerprint density at radius 3 is 2.71 bits per heavy atom. The maximum Gasteiger partial charge on any atom is 0.319 e. The van der Waals surface area contributed by atoms with Gasteiger partial charge in [0.05, 0.1) is 5.60 Å². The number of nitrogens with one attached hydrogen (secondary N) is 3. The first-order valence-corrected chi connectivity index (χ1v) is 8.17. The molecule has 7 nitrogen and oxygen atoms in total. The maximum atomic E-state index is 12.1. The number of carbonyl (C=O) groups excluding carboxylic acids is 2. The van der Waals surface area contributed by atoms with Crippen LogP contribution in [0, 0.1) is 6.92 Å². The molecule has 1 heterocycles. The van der Waals surface area contributed by atoms with Crippen LogP contribution in [0.3, 0.4) is 0 Å². The quantitative estimate of drug-likeness (QED) is 0.644. The van der Waals surface area contributed by atoms with Gasteiger partial charge >= 0.3 is 6.03 Å². The van der Waals surface area contributed by atoms with E-state index in [0.29, 0.717) is 30.8 Å². The number of urea groups is 1. The largest absolute Gasteiger partial charge is 0.387 e. The summed E-state index contributed by atoms with van der Waals surface area (Å²) in [5.41, 5.74) is 1.04. The summed E-state index contributed by atoms with van der Waals surface area (Å²) in [6, 6.07) is 4.77. The molecule has 1 aromatic carbocycles. The van der Waals surface area contributed by atoms with Crippen LogP contribution < -0.4 is 16.0 Å². The number of amides is 3. The fourth-order valence-electron chi connectivity index (χ4n) is 2.78. The molecule has 0 spiro atoms. The number of anilines is 1. The van der Waals surface area contributed by atoms with Crippen LogP contribution in [0.15, 0.2) is 18.2 Å². The number of carbonyl (C=O) groups is 2. The molecule has 24 heavy (non-hydrogen) atoms. The van der Waals surface area contributed by atoms with Gasteiger partial charge in [0.25, 0.3) is 5.91 Å². The second-order valence-electron chi connectivity index (χ2n) is 6.41. The molecule has 3 amide bonds. The SMILES string of the molecule is CCNC(=O)c1ccc(C)c(NC(=O)NC[C@]2(O)CCN(C)C2)c1. The monoisotopic (exact) mass is 334 g/mol. The van der Waals surface area contributed by atoms with Crippen LogP contribution in [0.2, 0.25) is 0 Å². The predicted molar refractivity (Wildman–Crippen MR) is 93.3 cm³/mol. The van der Waals surface area contributed by atoms with Crippen molar-refractivity contribution in [1.82, 2.24) is 15.5 Å². The molecule has 1 saturated heterocycles. The number of aliphatic hydroxyl groups is 1. The summed E-state index contributed by atoms with van der Waals surface area (Å²) < 4.78 is 0. The zero-order valence-corrected chi connectivity index (χ0v) is 14.5. The Morgan fingerprint density at radius 1 is 1.33 bits per heavy atom. The highest BCUT2D eigenvalue weighted by molar-refractivity contribution is 5.97. The maximum absolute atomic E-state index is 12.1. The van der Waals surface area contributed by atoms with E-state index in [4.69, 9.17) is 0 Å². The summed E-state index contributed by atoms with van der Waals surface area (Å²) in [5.74, 6) is -0.177. The van der Waals surface area contributed by atoms with Crippen LogP contribution in [0.1, 0.15) is 29.3 Å². The van der Waals surface area contributed by atoms with Gasteiger partial charge in [-0.05, 0) is 45.0 Å². The van der Waals surface area contributed by atoms with Crippen molar-refractivity contribution in [1.29, 1.82) is 0 Å². The number of benzene rings is 1. The number of likely N-dealkylation sites (tertiary alicyclic amines) is 1. The highest BCUT2D eigenvalue weighted by atomic mass is 16.3. The van der Waals surface area contributed by atoms with Crippen molar-refractivity contribution in [3.05, 3.63) is 29.3 Å². The first kappa shape index (κ1) is 18.2. The molecule has 0 aromatic heterocycles. The Kier molecular flexibility index (Phi) is 5.80. The van der Waals surface area contributed by atoms with Gasteiger partial charge in [0.1, 0.15) is 0 Å². The standard InChI is InChI=1S/C17H26N4O3/c1-4-18-15(22)13-6-5-12(2)14(9-13)20-16(23)19-10-17(24)7-8-21(3)11-17/h5-6,9,24H,4,7-8,10-11H2,1-3H3,(H,18,22)(H2,19,20,23)/t17-/m1/s1. The minimum absolute atomic E-state index is 0.177. The third kappa shape index (κ3) is 4.69. The minimum Gasteiger partial charge on any atom is -0.387 e. The molecule has 0 saturated carbocycles. The molecular weight excluding hydrogens is 308 g/mol. The third-order valence-electron chi connectivity index (χ3n) is 4.19. The van der Waals surface area contributed by atoms with Crippen LogP contribution in [0.5, 0.6) is 0 Å². The van der Waals surface area contributed by atoms with Crippen LogP contribution in [0.4, 0.5) is 10.5 Å². The van der Waals surface area contributed by atoms with E-state index in [2.05, 4.69) is 16.0 Å². The molecule has 1 aromatic rings. The lowest BCUT2D eigenvalue weighted by Crippen LogP contribution is -2.45. The van der Waals surface area contributed by atoms with Crippen molar-refractivity contribution in [3.63, 3.8) is 0 Å². The Morgan fingerprint density at radius 2 is 2.08 bits per heavy atom. The van der Waals surface area contributed by atoms with E-state index in [0.717, 1.165) is 12.1 Å². The molecule has 0 aliphatic carbocycles. The Bertz CT molecular complexity index is 620. The molecule has 1 aliphatic heterocycles. The summed E-state index contributed by atoms with van der Waals surface area (Å²) in [6.07, 6.45) is 0.634. The third-order valence-corrected chi connectivity index (χ3v) is 4.19. The van der Waals surface area contributed by atoms with Crippen molar-refractivity contribution >= 4 is 17.6 Å². The number of hydrogen-bond donors (Lipinski definition) is 4. The Hall–Kier alpha value is -2.12. The molecule has 1 aliphatic rings. The molecule has 0 bridgehead atoms. The smallest absolute Gasteiger partial charge is 0.319 e. The average molecular weight is 334 g/mol. The van der Waals surface area contributed by atoms with Crippen molar-refractivity contribution in [2.24, 2.45) is 0 Å². The summed E-state index contributed by atoms with van der Waals surface area (Å²) in [7, 11) is 1.94. The minimum atomic E-state index is -0.885. The molecule has 0 unspecified atom stereocenters. The Balaban J connectivity index is 1.96. The van der Waals surface area contributed by atoms with Gasteiger partial charge in [-0.25, -0.2) is 4.79 Å². The highest BCUT2D eigenvalue weighted by Gasteiger charge is 2.34. The zero-order valence-electron chi connectivity index (χ0n) is 14.5. The van der Waals surface area contributed by atoms with E-state index >= 15 is 0 Å². The van der Waals surface area contributed by atoms with Gasteiger partial charge in [0.15, 0.2) is 0 Å². The zero-order chi connectivity index (χ0) is 17.7. The molecule has 1 fully saturated rings. The second-order valence-corrected chi connectivity index (χ2v) is 6.41. The van der Waals surface area contributed by atoms with Crippen molar-refractivity contribution in [2.45, 2.75) is 25.9 Å². The van der Waals surface area contributed by atoms with Crippen LogP contribution in [-0.2, 0) is 0 Å². The molecule has 1 atom stereocenters. The van der Waals surface area contributed by atoms with Crippen molar-refractivity contribution < 1.29 is 14.7 Å². The van der Waals surface area contributed by atoms with E-state index in [-0.39, 0.29) is 12.5 Å². The van der Waals surface area contributed by atoms with E-state index in [1.165, 1.54) is 0 Å². The molecule has 7 heteroatoms. The van der Waals surface area contributed by atoms with E-state index in [1.54, 1.807) is 18.2 Å². The van der Waals surface area contributed by atoms with Gasteiger partial charge in [-0.1, -0.05) is 6.07 Å². The number of nitrogens with zero attached hydrogens (tertiary/aromatic N) is 1. The molecule has 132 valence electrons. The lowest BCUT2D eigenvalue weighted by Gasteiger charge is -2.23. The van der Waals surface area contributed by atoms with Gasteiger partial charge < -0.3 is 26.0 Å². The van der Waals surface area contributed by atoms with Gasteiger partial charge in [0.2, 0.25) is 0 Å². The summed E-state index contributed by atoms with van der Waals surface area (Å²) in [6.45, 7) is 5.80. The van der Waals surface area contributed by atoms with Gasteiger partial charge in [-0.15, -0.1) is 0 Å². The molecular formula is C17H26N4O3. The number of aryl methyl sites for hydroxylation is 1.